The van der Waals surface area contributed by atoms with Gasteiger partial charge in [0.05, 0.1) is 27.8 Å². The van der Waals surface area contributed by atoms with E-state index < -0.39 is 29.3 Å². The second-order valence-corrected chi connectivity index (χ2v) is 8.88. The molecule has 0 fully saturated rings. The lowest BCUT2D eigenvalue weighted by Gasteiger charge is -2.14. The molecule has 0 aromatic heterocycles. The number of aliphatic hydroxyl groups excluding tert-OH is 1. The Labute approximate surface area is 211 Å². The number of allylic oxidation sites excluding steroid dienone is 1. The predicted octanol–water partition coefficient (Wildman–Crippen LogP) is 3.69. The molecule has 1 heterocycles. The summed E-state index contributed by atoms with van der Waals surface area (Å²) in [5, 5.41) is 23.1. The number of rotatable bonds is 9. The molecule has 10 heteroatoms. The van der Waals surface area contributed by atoms with Gasteiger partial charge in [-0.15, -0.1) is 0 Å². The summed E-state index contributed by atoms with van der Waals surface area (Å²) in [5.41, 5.74) is -1.11. The highest BCUT2D eigenvalue weighted by atomic mass is 32.2. The summed E-state index contributed by atoms with van der Waals surface area (Å²) in [6.07, 6.45) is -0.0350. The molecule has 2 unspecified atom stereocenters. The van der Waals surface area contributed by atoms with E-state index in [9.17, 15) is 23.8 Å². The van der Waals surface area contributed by atoms with Crippen molar-refractivity contribution in [1.29, 1.82) is 0 Å². The van der Waals surface area contributed by atoms with Gasteiger partial charge in [0, 0.05) is 19.8 Å². The second kappa shape index (κ2) is 12.2. The number of hydrogen-bond acceptors (Lipinski definition) is 8. The van der Waals surface area contributed by atoms with Crippen molar-refractivity contribution in [2.75, 3.05) is 32.8 Å². The molecular weight excluding hydrogens is 492 g/mol. The fourth-order valence-corrected chi connectivity index (χ4v) is 4.30. The lowest BCUT2D eigenvalue weighted by atomic mass is 10.1. The average Bonchev–Trinajstić information content (AvgIpc) is 3.14. The molecular formula is C26H25F2NO6S. The van der Waals surface area contributed by atoms with Gasteiger partial charge in [-0.3, -0.25) is 4.79 Å². The molecule has 0 saturated carbocycles. The maximum Gasteiger partial charge on any atom is 0.203 e. The Bertz CT molecular complexity index is 1250. The minimum atomic E-state index is -1.59. The van der Waals surface area contributed by atoms with Crippen molar-refractivity contribution in [3.8, 4) is 17.6 Å². The number of benzene rings is 2. The number of anilines is 1. The zero-order chi connectivity index (χ0) is 26.3. The normalized spacial score (nSPS) is 17.0. The van der Waals surface area contributed by atoms with E-state index in [4.69, 9.17) is 14.2 Å². The van der Waals surface area contributed by atoms with Crippen molar-refractivity contribution in [2.24, 2.45) is 0 Å². The number of carbonyl (C=O) groups is 1. The second-order valence-electron chi connectivity index (χ2n) is 7.83. The van der Waals surface area contributed by atoms with E-state index in [1.807, 2.05) is 0 Å². The van der Waals surface area contributed by atoms with Crippen LogP contribution in [0.25, 0.3) is 6.08 Å². The smallest absolute Gasteiger partial charge is 0.203 e. The van der Waals surface area contributed by atoms with E-state index in [1.165, 1.54) is 33.3 Å². The minimum absolute atomic E-state index is 0.0291. The van der Waals surface area contributed by atoms with Gasteiger partial charge in [0.2, 0.25) is 5.78 Å². The first kappa shape index (κ1) is 27.4. The first-order valence-electron chi connectivity index (χ1n) is 10.7. The average molecular weight is 518 g/mol. The number of nitrogens with one attached hydrogen (secondary N) is 1. The van der Waals surface area contributed by atoms with Crippen LogP contribution in [0.4, 0.5) is 14.5 Å². The highest BCUT2D eigenvalue weighted by Crippen LogP contribution is 2.42. The quantitative estimate of drug-likeness (QED) is 0.263. The number of ether oxygens (including phenoxy) is 3. The monoisotopic (exact) mass is 517 g/mol. The molecule has 2 aromatic rings. The molecule has 0 bridgehead atoms. The highest BCUT2D eigenvalue weighted by molar-refractivity contribution is 8.08. The largest absolute Gasteiger partial charge is 0.480 e. The molecule has 0 amide bonds. The fraction of sp³-hybridized carbons (Fsp3) is 0.269. The summed E-state index contributed by atoms with van der Waals surface area (Å²) in [5.74, 6) is 3.10. The van der Waals surface area contributed by atoms with Crippen molar-refractivity contribution >= 4 is 29.3 Å². The van der Waals surface area contributed by atoms with Gasteiger partial charge in [-0.1, -0.05) is 47.9 Å². The third kappa shape index (κ3) is 6.72. The van der Waals surface area contributed by atoms with Gasteiger partial charge in [-0.2, -0.15) is 0 Å². The Morgan fingerprint density at radius 1 is 1.19 bits per heavy atom. The summed E-state index contributed by atoms with van der Waals surface area (Å²) in [6.45, 7) is 1.53. The van der Waals surface area contributed by atoms with Crippen LogP contribution in [0.15, 0.2) is 58.0 Å². The molecule has 36 heavy (non-hydrogen) atoms. The van der Waals surface area contributed by atoms with Crippen LogP contribution in [0.2, 0.25) is 0 Å². The Kier molecular flexibility index (Phi) is 9.25. The van der Waals surface area contributed by atoms with Gasteiger partial charge in [0.15, 0.2) is 17.9 Å². The molecule has 0 radical (unpaired) electrons. The summed E-state index contributed by atoms with van der Waals surface area (Å²) in [6, 6.07) is 10.5. The van der Waals surface area contributed by atoms with Crippen molar-refractivity contribution in [3.05, 3.63) is 75.2 Å². The van der Waals surface area contributed by atoms with E-state index in [1.54, 1.807) is 30.3 Å². The number of methoxy groups -OCH3 is 2. The Hall–Kier alpha value is -3.20. The summed E-state index contributed by atoms with van der Waals surface area (Å²) >= 11 is 0.941. The molecule has 3 rings (SSSR count). The number of hydrogen-bond donors (Lipinski definition) is 3. The molecule has 0 saturated heterocycles. The van der Waals surface area contributed by atoms with E-state index in [2.05, 4.69) is 17.2 Å². The van der Waals surface area contributed by atoms with Gasteiger partial charge in [0.1, 0.15) is 18.0 Å². The molecule has 2 atom stereocenters. The van der Waals surface area contributed by atoms with Crippen LogP contribution in [0.5, 0.6) is 5.75 Å². The fourth-order valence-electron chi connectivity index (χ4n) is 3.23. The number of thioether (sulfide) groups is 1. The predicted molar refractivity (Wildman–Crippen MR) is 133 cm³/mol. The van der Waals surface area contributed by atoms with Gasteiger partial charge in [-0.05, 0) is 31.2 Å². The maximum atomic E-state index is 14.2. The van der Waals surface area contributed by atoms with Gasteiger partial charge < -0.3 is 29.7 Å². The van der Waals surface area contributed by atoms with E-state index in [0.29, 0.717) is 11.3 Å². The zero-order valence-corrected chi connectivity index (χ0v) is 20.6. The number of carbonyl (C=O) groups excluding carboxylic acids is 1. The third-order valence-corrected chi connectivity index (χ3v) is 5.93. The van der Waals surface area contributed by atoms with Gasteiger partial charge >= 0.3 is 0 Å². The van der Waals surface area contributed by atoms with Crippen molar-refractivity contribution in [3.63, 3.8) is 0 Å². The van der Waals surface area contributed by atoms with E-state index >= 15 is 0 Å². The van der Waals surface area contributed by atoms with E-state index in [-0.39, 0.29) is 34.4 Å². The Balaban J connectivity index is 1.85. The van der Waals surface area contributed by atoms with Crippen LogP contribution < -0.4 is 10.1 Å². The third-order valence-electron chi connectivity index (χ3n) is 4.88. The molecule has 0 spiro atoms. The van der Waals surface area contributed by atoms with E-state index in [0.717, 1.165) is 17.8 Å². The molecule has 7 nitrogen and oxygen atoms in total. The molecule has 2 aromatic carbocycles. The Morgan fingerprint density at radius 3 is 2.67 bits per heavy atom. The summed E-state index contributed by atoms with van der Waals surface area (Å²) < 4.78 is 43.4. The van der Waals surface area contributed by atoms with Crippen molar-refractivity contribution in [2.45, 2.75) is 18.8 Å². The molecule has 190 valence electrons. The SMILES string of the molecule is COCC(C)(O)C#CCOc1ccccc1/C=C1\SC(Nc2cccc(F)c2F)=C(C(O)OC)C1=O. The number of Topliss-reactive ketones (excluding diaryl/α,β-unsaturated/α-hetero) is 1. The maximum absolute atomic E-state index is 14.2. The number of ketones is 1. The molecule has 1 aliphatic heterocycles. The molecule has 1 aliphatic rings. The minimum Gasteiger partial charge on any atom is -0.480 e. The molecule has 0 aliphatic carbocycles. The first-order valence-corrected chi connectivity index (χ1v) is 11.5. The van der Waals surface area contributed by atoms with Crippen LogP contribution in [0.3, 0.4) is 0 Å². The summed E-state index contributed by atoms with van der Waals surface area (Å²) in [7, 11) is 2.67. The lowest BCUT2D eigenvalue weighted by molar-refractivity contribution is -0.116. The van der Waals surface area contributed by atoms with Crippen LogP contribution in [0.1, 0.15) is 12.5 Å². The Morgan fingerprint density at radius 2 is 1.94 bits per heavy atom. The van der Waals surface area contributed by atoms with Crippen molar-refractivity contribution < 1.29 is 38.0 Å². The number of para-hydroxylation sites is 1. The van der Waals surface area contributed by atoms with Crippen LogP contribution >= 0.6 is 11.8 Å². The van der Waals surface area contributed by atoms with Crippen LogP contribution in [-0.4, -0.2) is 55.3 Å². The molecule has 3 N–H and O–H groups in total. The standard InChI is InChI=1S/C26H25F2NO6S/c1-26(32,15-33-2)12-7-13-35-19-11-5-4-8-16(19)14-20-23(30)21(25(31)34-3)24(36-20)29-18-10-6-9-17(27)22(18)28/h4-6,8-11,14,25,29,31-32H,13,15H2,1-3H3/b20-14-. The topological polar surface area (TPSA) is 97.2 Å². The summed E-state index contributed by atoms with van der Waals surface area (Å²) in [4.78, 5) is 13.3. The zero-order valence-electron chi connectivity index (χ0n) is 19.8. The first-order chi connectivity index (χ1) is 17.2. The van der Waals surface area contributed by atoms with Crippen LogP contribution in [0, 0.1) is 23.5 Å². The van der Waals surface area contributed by atoms with Crippen LogP contribution in [-0.2, 0) is 14.3 Å². The van der Waals surface area contributed by atoms with Gasteiger partial charge in [0.25, 0.3) is 0 Å². The number of aliphatic hydroxyl groups is 2. The number of halogens is 2. The highest BCUT2D eigenvalue weighted by Gasteiger charge is 2.34. The van der Waals surface area contributed by atoms with Crippen molar-refractivity contribution in [1.82, 2.24) is 0 Å². The van der Waals surface area contributed by atoms with Gasteiger partial charge in [-0.25, -0.2) is 8.78 Å². The lowest BCUT2D eigenvalue weighted by Crippen LogP contribution is -2.27.